The molecule has 0 radical (unpaired) electrons. The van der Waals surface area contributed by atoms with Crippen molar-refractivity contribution in [3.63, 3.8) is 0 Å². The highest BCUT2D eigenvalue weighted by atomic mass is 35.5. The van der Waals surface area contributed by atoms with Crippen LogP contribution in [0.25, 0.3) is 17.4 Å². The molecule has 1 amide bonds. The smallest absolute Gasteiger partial charge is 0.266 e. The van der Waals surface area contributed by atoms with Crippen LogP contribution in [0.4, 0.5) is 5.69 Å². The number of nitrogens with zero attached hydrogens (tertiary/aromatic N) is 1. The quantitative estimate of drug-likeness (QED) is 0.392. The van der Waals surface area contributed by atoms with Crippen molar-refractivity contribution in [1.29, 1.82) is 5.26 Å². The topological polar surface area (TPSA) is 66.0 Å². The Kier molecular flexibility index (Phi) is 5.88. The van der Waals surface area contributed by atoms with Gasteiger partial charge in [0.15, 0.2) is 0 Å². The molecule has 0 fully saturated rings. The van der Waals surface area contributed by atoms with Crippen molar-refractivity contribution in [2.24, 2.45) is 0 Å². The van der Waals surface area contributed by atoms with E-state index < -0.39 is 5.91 Å². The second-order valence-electron chi connectivity index (χ2n) is 5.47. The van der Waals surface area contributed by atoms with Gasteiger partial charge in [0.2, 0.25) is 0 Å². The molecule has 3 aromatic rings. The highest BCUT2D eigenvalue weighted by Gasteiger charge is 2.12. The first-order valence-electron chi connectivity index (χ1n) is 7.70. The first-order chi connectivity index (χ1) is 13.0. The minimum absolute atomic E-state index is 0.106. The molecule has 0 saturated carbocycles. The molecule has 0 bridgehead atoms. The molecule has 0 atom stereocenters. The van der Waals surface area contributed by atoms with Crippen LogP contribution in [-0.4, -0.2) is 5.91 Å². The Bertz CT molecular complexity index is 1080. The number of hydrogen-bond donors (Lipinski definition) is 1. The lowest BCUT2D eigenvalue weighted by Crippen LogP contribution is -2.13. The van der Waals surface area contributed by atoms with Gasteiger partial charge in [-0.25, -0.2) is 0 Å². The number of amides is 1. The van der Waals surface area contributed by atoms with Gasteiger partial charge in [-0.05, 0) is 48.5 Å². The largest absolute Gasteiger partial charge is 0.457 e. The van der Waals surface area contributed by atoms with E-state index in [9.17, 15) is 10.1 Å². The van der Waals surface area contributed by atoms with Crippen molar-refractivity contribution >= 4 is 52.5 Å². The van der Waals surface area contributed by atoms with E-state index in [2.05, 4.69) is 5.32 Å². The van der Waals surface area contributed by atoms with Crippen LogP contribution < -0.4 is 5.32 Å². The van der Waals surface area contributed by atoms with Gasteiger partial charge in [0.05, 0.1) is 10.0 Å². The summed E-state index contributed by atoms with van der Waals surface area (Å²) < 4.78 is 5.69. The van der Waals surface area contributed by atoms with Crippen LogP contribution in [0, 0.1) is 11.3 Å². The third-order valence-electron chi connectivity index (χ3n) is 3.57. The van der Waals surface area contributed by atoms with E-state index in [0.717, 1.165) is 5.56 Å². The van der Waals surface area contributed by atoms with Gasteiger partial charge in [-0.1, -0.05) is 40.9 Å². The fourth-order valence-corrected chi connectivity index (χ4v) is 2.78. The Morgan fingerprint density at radius 1 is 1.04 bits per heavy atom. The average Bonchev–Trinajstić information content (AvgIpc) is 3.10. The highest BCUT2D eigenvalue weighted by molar-refractivity contribution is 6.42. The van der Waals surface area contributed by atoms with E-state index in [1.807, 2.05) is 6.07 Å². The summed E-state index contributed by atoms with van der Waals surface area (Å²) in [5, 5.41) is 13.2. The molecule has 1 N–H and O–H groups in total. The summed E-state index contributed by atoms with van der Waals surface area (Å²) in [6.45, 7) is 0. The molecule has 2 aromatic carbocycles. The maximum atomic E-state index is 12.3. The number of carbonyl (C=O) groups excluding carboxylic acids is 1. The molecule has 0 aliphatic carbocycles. The summed E-state index contributed by atoms with van der Waals surface area (Å²) in [6.07, 6.45) is 1.36. The lowest BCUT2D eigenvalue weighted by atomic mass is 10.2. The van der Waals surface area contributed by atoms with Gasteiger partial charge >= 0.3 is 0 Å². The molecule has 0 aliphatic rings. The van der Waals surface area contributed by atoms with E-state index in [4.69, 9.17) is 39.2 Å². The molecular weight excluding hydrogens is 407 g/mol. The van der Waals surface area contributed by atoms with Gasteiger partial charge in [0, 0.05) is 22.3 Å². The highest BCUT2D eigenvalue weighted by Crippen LogP contribution is 2.30. The molecule has 134 valence electrons. The molecular formula is C20H11Cl3N2O2. The van der Waals surface area contributed by atoms with Crippen LogP contribution >= 0.6 is 34.8 Å². The maximum Gasteiger partial charge on any atom is 0.266 e. The molecule has 0 aliphatic heterocycles. The van der Waals surface area contributed by atoms with Crippen LogP contribution in [0.3, 0.4) is 0 Å². The molecule has 1 aromatic heterocycles. The predicted molar refractivity (Wildman–Crippen MR) is 108 cm³/mol. The van der Waals surface area contributed by atoms with E-state index in [1.54, 1.807) is 54.6 Å². The number of nitrogens with one attached hydrogen (secondary N) is 1. The van der Waals surface area contributed by atoms with Crippen LogP contribution in [0.15, 0.2) is 64.6 Å². The van der Waals surface area contributed by atoms with Crippen LogP contribution in [0.1, 0.15) is 5.76 Å². The second kappa shape index (κ2) is 8.32. The zero-order chi connectivity index (χ0) is 19.4. The number of carbonyl (C=O) groups is 1. The second-order valence-corrected chi connectivity index (χ2v) is 6.72. The number of hydrogen-bond acceptors (Lipinski definition) is 3. The predicted octanol–water partition coefficient (Wildman–Crippen LogP) is 6.45. The van der Waals surface area contributed by atoms with Crippen LogP contribution in [0.2, 0.25) is 15.1 Å². The Balaban J connectivity index is 1.82. The van der Waals surface area contributed by atoms with E-state index in [1.165, 1.54) is 6.08 Å². The van der Waals surface area contributed by atoms with Gasteiger partial charge in [-0.3, -0.25) is 4.79 Å². The summed E-state index contributed by atoms with van der Waals surface area (Å²) in [5.41, 5.74) is 1.11. The maximum absolute atomic E-state index is 12.3. The van der Waals surface area contributed by atoms with E-state index >= 15 is 0 Å². The van der Waals surface area contributed by atoms with Crippen LogP contribution in [-0.2, 0) is 4.79 Å². The molecule has 0 spiro atoms. The minimum atomic E-state index is -0.563. The fraction of sp³-hybridized carbons (Fsp3) is 0. The zero-order valence-electron chi connectivity index (χ0n) is 13.7. The number of halogens is 3. The lowest BCUT2D eigenvalue weighted by Gasteiger charge is -2.04. The Morgan fingerprint density at radius 3 is 2.56 bits per heavy atom. The van der Waals surface area contributed by atoms with Crippen molar-refractivity contribution in [2.45, 2.75) is 0 Å². The Hall–Kier alpha value is -2.71. The average molecular weight is 418 g/mol. The fourth-order valence-electron chi connectivity index (χ4n) is 2.29. The number of nitriles is 1. The first-order valence-corrected chi connectivity index (χ1v) is 8.83. The lowest BCUT2D eigenvalue weighted by molar-refractivity contribution is -0.112. The van der Waals surface area contributed by atoms with Gasteiger partial charge < -0.3 is 9.73 Å². The molecule has 0 saturated heterocycles. The third kappa shape index (κ3) is 4.72. The normalized spacial score (nSPS) is 11.1. The Morgan fingerprint density at radius 2 is 1.85 bits per heavy atom. The number of anilines is 1. The molecule has 1 heterocycles. The summed E-state index contributed by atoms with van der Waals surface area (Å²) in [7, 11) is 0. The van der Waals surface area contributed by atoms with Crippen molar-refractivity contribution in [3.05, 3.63) is 81.0 Å². The van der Waals surface area contributed by atoms with Gasteiger partial charge in [-0.15, -0.1) is 0 Å². The molecule has 0 unspecified atom stereocenters. The molecule has 27 heavy (non-hydrogen) atoms. The summed E-state index contributed by atoms with van der Waals surface area (Å²) in [4.78, 5) is 12.3. The van der Waals surface area contributed by atoms with Gasteiger partial charge in [0.25, 0.3) is 5.91 Å². The zero-order valence-corrected chi connectivity index (χ0v) is 15.9. The number of rotatable bonds is 4. The molecule has 3 rings (SSSR count). The van der Waals surface area contributed by atoms with Crippen molar-refractivity contribution < 1.29 is 9.21 Å². The molecule has 4 nitrogen and oxygen atoms in total. The summed E-state index contributed by atoms with van der Waals surface area (Å²) in [5.74, 6) is 0.327. The number of benzene rings is 2. The van der Waals surface area contributed by atoms with Crippen molar-refractivity contribution in [1.82, 2.24) is 0 Å². The van der Waals surface area contributed by atoms with Crippen molar-refractivity contribution in [3.8, 4) is 17.4 Å². The van der Waals surface area contributed by atoms with E-state index in [0.29, 0.717) is 32.3 Å². The van der Waals surface area contributed by atoms with Gasteiger partial charge in [-0.2, -0.15) is 5.26 Å². The molecule has 7 heteroatoms. The Labute approximate surface area is 170 Å². The first kappa shape index (κ1) is 19.1. The SMILES string of the molecule is N#C/C(=C\c1ccc(-c2ccc(Cl)c(Cl)c2)o1)C(=O)Nc1cccc(Cl)c1. The summed E-state index contributed by atoms with van der Waals surface area (Å²) in [6, 6.07) is 17.0. The van der Waals surface area contributed by atoms with Gasteiger partial charge in [0.1, 0.15) is 23.2 Å². The summed E-state index contributed by atoms with van der Waals surface area (Å²) >= 11 is 17.8. The monoisotopic (exact) mass is 416 g/mol. The van der Waals surface area contributed by atoms with Crippen molar-refractivity contribution in [2.75, 3.05) is 5.32 Å². The number of furan rings is 1. The standard InChI is InChI=1S/C20H11Cl3N2O2/c21-14-2-1-3-15(10-14)25-20(26)13(11-24)8-16-5-7-19(27-16)12-4-6-17(22)18(23)9-12/h1-10H,(H,25,26)/b13-8+. The van der Waals surface area contributed by atoms with Crippen LogP contribution in [0.5, 0.6) is 0 Å². The van der Waals surface area contributed by atoms with E-state index in [-0.39, 0.29) is 5.57 Å². The minimum Gasteiger partial charge on any atom is -0.457 e. The third-order valence-corrected chi connectivity index (χ3v) is 4.54.